The van der Waals surface area contributed by atoms with Gasteiger partial charge in [-0.25, -0.2) is 0 Å². The molecule has 1 aliphatic rings. The lowest BCUT2D eigenvalue weighted by Crippen LogP contribution is -2.10. The largest absolute Gasteiger partial charge is 0.461 e. The average molecular weight is 226 g/mol. The van der Waals surface area contributed by atoms with Gasteiger partial charge in [0.2, 0.25) is 5.78 Å². The normalized spacial score (nSPS) is 20.7. The number of ether oxygens (including phenoxy) is 1. The van der Waals surface area contributed by atoms with Gasteiger partial charge in [-0.15, -0.1) is 0 Å². The van der Waals surface area contributed by atoms with Gasteiger partial charge >= 0.3 is 0 Å². The summed E-state index contributed by atoms with van der Waals surface area (Å²) in [5.41, 5.74) is 0. The molecular weight excluding hydrogens is 212 g/mol. The maximum atomic E-state index is 11.5. The van der Waals surface area contributed by atoms with E-state index < -0.39 is 0 Å². The second-order valence-corrected chi connectivity index (χ2v) is 4.58. The van der Waals surface area contributed by atoms with Crippen molar-refractivity contribution in [3.05, 3.63) is 24.2 Å². The number of hydrogen-bond donors (Lipinski definition) is 0. The van der Waals surface area contributed by atoms with E-state index in [2.05, 4.69) is 0 Å². The minimum Gasteiger partial charge on any atom is -0.461 e. The van der Waals surface area contributed by atoms with E-state index in [1.165, 1.54) is 6.26 Å². The van der Waals surface area contributed by atoms with Gasteiger partial charge in [0.15, 0.2) is 5.76 Å². The zero-order valence-corrected chi connectivity index (χ0v) is 9.29. The van der Waals surface area contributed by atoms with Gasteiger partial charge in [0.05, 0.1) is 18.1 Å². The highest BCUT2D eigenvalue weighted by Crippen LogP contribution is 2.17. The highest BCUT2D eigenvalue weighted by molar-refractivity contribution is 8.00. The molecule has 4 heteroatoms. The molecule has 1 unspecified atom stereocenters. The van der Waals surface area contributed by atoms with Crippen LogP contribution in [0, 0.1) is 0 Å². The fourth-order valence-corrected chi connectivity index (χ4v) is 2.54. The van der Waals surface area contributed by atoms with Crippen molar-refractivity contribution in [2.45, 2.75) is 18.9 Å². The third-order valence-electron chi connectivity index (χ3n) is 2.36. The lowest BCUT2D eigenvalue weighted by molar-refractivity contribution is 0.0992. The Morgan fingerprint density at radius 3 is 3.20 bits per heavy atom. The summed E-state index contributed by atoms with van der Waals surface area (Å²) in [7, 11) is 0. The van der Waals surface area contributed by atoms with Crippen LogP contribution in [0.25, 0.3) is 0 Å². The summed E-state index contributed by atoms with van der Waals surface area (Å²) >= 11 is 1.62. The summed E-state index contributed by atoms with van der Waals surface area (Å²) in [5, 5.41) is 0. The summed E-state index contributed by atoms with van der Waals surface area (Å²) in [6.07, 6.45) is 4.15. The minimum atomic E-state index is 0.0583. The Balaban J connectivity index is 1.67. The van der Waals surface area contributed by atoms with E-state index in [-0.39, 0.29) is 5.78 Å². The summed E-state index contributed by atoms with van der Waals surface area (Å²) in [4.78, 5) is 11.5. The molecule has 0 amide bonds. The Bertz CT molecular complexity index is 302. The summed E-state index contributed by atoms with van der Waals surface area (Å²) in [5.74, 6) is 1.90. The SMILES string of the molecule is O=C(CSCC1CCCO1)c1ccco1. The monoisotopic (exact) mass is 226 g/mol. The van der Waals surface area contributed by atoms with Crippen molar-refractivity contribution in [1.82, 2.24) is 0 Å². The van der Waals surface area contributed by atoms with Gasteiger partial charge in [-0.05, 0) is 25.0 Å². The molecule has 15 heavy (non-hydrogen) atoms. The molecule has 82 valence electrons. The molecule has 2 heterocycles. The first-order chi connectivity index (χ1) is 7.36. The van der Waals surface area contributed by atoms with Crippen LogP contribution in [0.1, 0.15) is 23.4 Å². The Hall–Kier alpha value is -0.740. The zero-order chi connectivity index (χ0) is 10.5. The summed E-state index contributed by atoms with van der Waals surface area (Å²) in [6.45, 7) is 0.872. The first-order valence-electron chi connectivity index (χ1n) is 5.12. The van der Waals surface area contributed by atoms with E-state index in [0.29, 0.717) is 17.6 Å². The maximum absolute atomic E-state index is 11.5. The third-order valence-corrected chi connectivity index (χ3v) is 3.43. The Morgan fingerprint density at radius 2 is 2.53 bits per heavy atom. The van der Waals surface area contributed by atoms with Crippen molar-refractivity contribution >= 4 is 17.5 Å². The molecule has 1 aliphatic heterocycles. The van der Waals surface area contributed by atoms with Gasteiger partial charge in [0.1, 0.15) is 0 Å². The molecule has 0 aliphatic carbocycles. The van der Waals surface area contributed by atoms with Crippen molar-refractivity contribution < 1.29 is 13.9 Å². The predicted octanol–water partition coefficient (Wildman–Crippen LogP) is 2.37. The van der Waals surface area contributed by atoms with E-state index in [0.717, 1.165) is 25.2 Å². The standard InChI is InChI=1S/C11H14O3S/c12-10(11-4-2-6-14-11)8-15-7-9-3-1-5-13-9/h2,4,6,9H,1,3,5,7-8H2. The third kappa shape index (κ3) is 3.11. The number of carbonyl (C=O) groups is 1. The molecule has 0 radical (unpaired) electrons. The highest BCUT2D eigenvalue weighted by atomic mass is 32.2. The molecule has 1 fully saturated rings. The van der Waals surface area contributed by atoms with Crippen LogP contribution in [0.3, 0.4) is 0 Å². The first kappa shape index (κ1) is 10.8. The molecule has 0 saturated carbocycles. The second kappa shape index (κ2) is 5.37. The van der Waals surface area contributed by atoms with Gasteiger partial charge in [-0.2, -0.15) is 11.8 Å². The molecule has 0 spiro atoms. The number of hydrogen-bond acceptors (Lipinski definition) is 4. The zero-order valence-electron chi connectivity index (χ0n) is 8.48. The number of furan rings is 1. The van der Waals surface area contributed by atoms with E-state index in [1.54, 1.807) is 23.9 Å². The molecule has 1 saturated heterocycles. The topological polar surface area (TPSA) is 39.4 Å². The van der Waals surface area contributed by atoms with Crippen molar-refractivity contribution in [2.24, 2.45) is 0 Å². The van der Waals surface area contributed by atoms with Crippen LogP contribution in [-0.2, 0) is 4.74 Å². The predicted molar refractivity (Wildman–Crippen MR) is 59.3 cm³/mol. The van der Waals surface area contributed by atoms with E-state index in [4.69, 9.17) is 9.15 Å². The molecule has 0 bridgehead atoms. The van der Waals surface area contributed by atoms with Gasteiger partial charge in [-0.1, -0.05) is 0 Å². The Labute approximate surface area is 93.2 Å². The van der Waals surface area contributed by atoms with Crippen molar-refractivity contribution in [1.29, 1.82) is 0 Å². The second-order valence-electron chi connectivity index (χ2n) is 3.55. The lowest BCUT2D eigenvalue weighted by atomic mass is 10.3. The number of ketones is 1. The van der Waals surface area contributed by atoms with Crippen LogP contribution in [0.5, 0.6) is 0 Å². The number of rotatable bonds is 5. The van der Waals surface area contributed by atoms with Gasteiger partial charge < -0.3 is 9.15 Å². The van der Waals surface area contributed by atoms with E-state index >= 15 is 0 Å². The molecule has 3 nitrogen and oxygen atoms in total. The molecule has 0 aromatic carbocycles. The van der Waals surface area contributed by atoms with E-state index in [1.807, 2.05) is 0 Å². The van der Waals surface area contributed by atoms with Crippen LogP contribution in [-0.4, -0.2) is 30.0 Å². The van der Waals surface area contributed by atoms with Crippen molar-refractivity contribution in [2.75, 3.05) is 18.1 Å². The first-order valence-corrected chi connectivity index (χ1v) is 6.28. The van der Waals surface area contributed by atoms with Crippen LogP contribution < -0.4 is 0 Å². The van der Waals surface area contributed by atoms with Crippen LogP contribution >= 0.6 is 11.8 Å². The average Bonchev–Trinajstić information content (AvgIpc) is 2.90. The fourth-order valence-electron chi connectivity index (χ4n) is 1.57. The van der Waals surface area contributed by atoms with E-state index in [9.17, 15) is 4.79 Å². The van der Waals surface area contributed by atoms with Crippen molar-refractivity contribution in [3.8, 4) is 0 Å². The fraction of sp³-hybridized carbons (Fsp3) is 0.545. The Morgan fingerprint density at radius 1 is 1.60 bits per heavy atom. The maximum Gasteiger partial charge on any atom is 0.207 e. The quantitative estimate of drug-likeness (QED) is 0.723. The number of thioether (sulfide) groups is 1. The van der Waals surface area contributed by atoms with Crippen molar-refractivity contribution in [3.63, 3.8) is 0 Å². The molecule has 1 aromatic heterocycles. The highest BCUT2D eigenvalue weighted by Gasteiger charge is 2.16. The molecule has 2 rings (SSSR count). The number of Topliss-reactive ketones (excluding diaryl/α,β-unsaturated/α-hetero) is 1. The molecule has 0 N–H and O–H groups in total. The smallest absolute Gasteiger partial charge is 0.207 e. The van der Waals surface area contributed by atoms with Crippen LogP contribution in [0.15, 0.2) is 22.8 Å². The van der Waals surface area contributed by atoms with Gasteiger partial charge in [0, 0.05) is 12.4 Å². The van der Waals surface area contributed by atoms with Crippen LogP contribution in [0.4, 0.5) is 0 Å². The minimum absolute atomic E-state index is 0.0583. The lowest BCUT2D eigenvalue weighted by Gasteiger charge is -2.07. The molecule has 1 aromatic rings. The molecular formula is C11H14O3S. The summed E-state index contributed by atoms with van der Waals surface area (Å²) < 4.78 is 10.5. The van der Waals surface area contributed by atoms with Gasteiger partial charge in [-0.3, -0.25) is 4.79 Å². The number of carbonyl (C=O) groups excluding carboxylic acids is 1. The Kier molecular flexibility index (Phi) is 3.86. The summed E-state index contributed by atoms with van der Waals surface area (Å²) in [6, 6.07) is 3.44. The van der Waals surface area contributed by atoms with Gasteiger partial charge in [0.25, 0.3) is 0 Å². The molecule has 1 atom stereocenters. The van der Waals surface area contributed by atoms with Crippen LogP contribution in [0.2, 0.25) is 0 Å².